The fraction of sp³-hybridized carbons (Fsp3) is 0.263. The third-order valence-corrected chi connectivity index (χ3v) is 6.33. The molecule has 0 spiro atoms. The highest BCUT2D eigenvalue weighted by atomic mass is 35.5. The molecule has 1 atom stereocenters. The molecule has 2 aromatic heterocycles. The van der Waals surface area contributed by atoms with Gasteiger partial charge in [0, 0.05) is 11.6 Å². The van der Waals surface area contributed by atoms with Gasteiger partial charge in [-0.1, -0.05) is 41.0 Å². The van der Waals surface area contributed by atoms with Crippen molar-refractivity contribution in [3.8, 4) is 10.7 Å². The normalized spacial score (nSPS) is 11.9. The van der Waals surface area contributed by atoms with E-state index in [1.54, 1.807) is 23.5 Å². The molecule has 158 valence electrons. The predicted octanol–water partition coefficient (Wildman–Crippen LogP) is 5.00. The van der Waals surface area contributed by atoms with E-state index in [-0.39, 0.29) is 5.75 Å². The fourth-order valence-electron chi connectivity index (χ4n) is 2.50. The number of ether oxygens (including phenoxy) is 1. The minimum atomic E-state index is -1.00. The van der Waals surface area contributed by atoms with Gasteiger partial charge in [-0.15, -0.1) is 21.5 Å². The molecule has 3 rings (SSSR count). The first-order valence-corrected chi connectivity index (χ1v) is 11.6. The Balaban J connectivity index is 1.55. The number of aromatic nitrogens is 3. The van der Waals surface area contributed by atoms with E-state index < -0.39 is 18.0 Å². The Bertz CT molecular complexity index is 1040. The summed E-state index contributed by atoms with van der Waals surface area (Å²) >= 11 is 14.7. The lowest BCUT2D eigenvalue weighted by Gasteiger charge is -2.14. The summed E-state index contributed by atoms with van der Waals surface area (Å²) in [5.41, 5.74) is 0.351. The van der Waals surface area contributed by atoms with Crippen molar-refractivity contribution in [3.05, 3.63) is 45.8 Å². The zero-order chi connectivity index (χ0) is 21.7. The number of amides is 1. The van der Waals surface area contributed by atoms with E-state index in [4.69, 9.17) is 27.9 Å². The number of nitrogens with zero attached hydrogens (tertiary/aromatic N) is 3. The maximum absolute atomic E-state index is 12.3. The van der Waals surface area contributed by atoms with Gasteiger partial charge in [0.1, 0.15) is 0 Å². The van der Waals surface area contributed by atoms with Gasteiger partial charge < -0.3 is 14.6 Å². The number of hydrogen-bond donors (Lipinski definition) is 1. The number of benzene rings is 1. The molecule has 30 heavy (non-hydrogen) atoms. The van der Waals surface area contributed by atoms with Gasteiger partial charge in [-0.25, -0.2) is 0 Å². The molecule has 1 unspecified atom stereocenters. The fourth-order valence-corrected chi connectivity index (χ4v) is 4.34. The van der Waals surface area contributed by atoms with Gasteiger partial charge in [0.2, 0.25) is 0 Å². The largest absolute Gasteiger partial charge is 0.452 e. The van der Waals surface area contributed by atoms with Crippen LogP contribution in [0.15, 0.2) is 40.9 Å². The zero-order valence-electron chi connectivity index (χ0n) is 16.1. The molecule has 2 heterocycles. The Hall–Kier alpha value is -2.07. The average Bonchev–Trinajstić information content (AvgIpc) is 3.38. The van der Waals surface area contributed by atoms with E-state index in [2.05, 4.69) is 15.5 Å². The molecule has 3 aromatic rings. The van der Waals surface area contributed by atoms with Crippen LogP contribution < -0.4 is 5.32 Å². The summed E-state index contributed by atoms with van der Waals surface area (Å²) in [6.45, 7) is 4.13. The SMILES string of the molecule is CCn1c(SCC(=O)OC(C)C(=O)Nc2cc(Cl)ccc2Cl)nnc1-c1cccs1. The summed E-state index contributed by atoms with van der Waals surface area (Å²) in [4.78, 5) is 25.5. The molecule has 0 bridgehead atoms. The second-order valence-corrected chi connectivity index (χ2v) is 8.80. The monoisotopic (exact) mass is 484 g/mol. The maximum Gasteiger partial charge on any atom is 0.317 e. The van der Waals surface area contributed by atoms with Crippen molar-refractivity contribution < 1.29 is 14.3 Å². The Labute approximate surface area is 191 Å². The van der Waals surface area contributed by atoms with E-state index in [1.165, 1.54) is 24.8 Å². The Morgan fingerprint density at radius 2 is 2.10 bits per heavy atom. The third kappa shape index (κ3) is 5.54. The Kier molecular flexibility index (Phi) is 7.76. The molecular weight excluding hydrogens is 467 g/mol. The minimum absolute atomic E-state index is 0.00187. The third-order valence-electron chi connectivity index (χ3n) is 3.96. The second kappa shape index (κ2) is 10.3. The number of thiophene rings is 1. The standard InChI is InChI=1S/C19H18Cl2N4O3S2/c1-3-25-17(15-5-4-8-29-15)23-24-19(25)30-10-16(26)28-11(2)18(27)22-14-9-12(20)6-7-13(14)21/h4-9,11H,3,10H2,1-2H3,(H,22,27). The first-order valence-electron chi connectivity index (χ1n) is 8.94. The van der Waals surface area contributed by atoms with Crippen LogP contribution >= 0.6 is 46.3 Å². The van der Waals surface area contributed by atoms with E-state index >= 15 is 0 Å². The highest BCUT2D eigenvalue weighted by Crippen LogP contribution is 2.28. The summed E-state index contributed by atoms with van der Waals surface area (Å²) in [6, 6.07) is 8.62. The van der Waals surface area contributed by atoms with Gasteiger partial charge in [-0.2, -0.15) is 0 Å². The first-order chi connectivity index (χ1) is 14.4. The molecule has 0 saturated carbocycles. The maximum atomic E-state index is 12.3. The number of thioether (sulfide) groups is 1. The number of esters is 1. The molecule has 0 aliphatic heterocycles. The summed E-state index contributed by atoms with van der Waals surface area (Å²) in [5, 5.41) is 14.3. The summed E-state index contributed by atoms with van der Waals surface area (Å²) in [5.74, 6) is -0.287. The summed E-state index contributed by atoms with van der Waals surface area (Å²) in [6.07, 6.45) is -1.00. The summed E-state index contributed by atoms with van der Waals surface area (Å²) in [7, 11) is 0. The second-order valence-electron chi connectivity index (χ2n) is 6.06. The Morgan fingerprint density at radius 1 is 1.30 bits per heavy atom. The van der Waals surface area contributed by atoms with Crippen molar-refractivity contribution in [3.63, 3.8) is 0 Å². The van der Waals surface area contributed by atoms with Crippen LogP contribution in [0.25, 0.3) is 10.7 Å². The number of halogens is 2. The van der Waals surface area contributed by atoms with E-state index in [1.807, 2.05) is 29.0 Å². The van der Waals surface area contributed by atoms with Crippen LogP contribution in [0.2, 0.25) is 10.0 Å². The number of nitrogens with one attached hydrogen (secondary N) is 1. The molecule has 7 nitrogen and oxygen atoms in total. The van der Waals surface area contributed by atoms with E-state index in [0.717, 1.165) is 10.7 Å². The van der Waals surface area contributed by atoms with Crippen LogP contribution in [0.4, 0.5) is 5.69 Å². The molecule has 0 radical (unpaired) electrons. The number of hydrogen-bond acceptors (Lipinski definition) is 7. The number of anilines is 1. The molecule has 0 aliphatic carbocycles. The quantitative estimate of drug-likeness (QED) is 0.357. The van der Waals surface area contributed by atoms with Crippen molar-refractivity contribution in [1.82, 2.24) is 14.8 Å². The number of rotatable bonds is 8. The van der Waals surface area contributed by atoms with E-state index in [0.29, 0.717) is 27.4 Å². The molecule has 1 aromatic carbocycles. The van der Waals surface area contributed by atoms with Crippen molar-refractivity contribution in [2.45, 2.75) is 31.7 Å². The van der Waals surface area contributed by atoms with Gasteiger partial charge in [0.05, 0.1) is 21.3 Å². The molecular formula is C19H18Cl2N4O3S2. The lowest BCUT2D eigenvalue weighted by Crippen LogP contribution is -2.30. The Morgan fingerprint density at radius 3 is 2.80 bits per heavy atom. The summed E-state index contributed by atoms with van der Waals surface area (Å²) < 4.78 is 7.16. The van der Waals surface area contributed by atoms with E-state index in [9.17, 15) is 9.59 Å². The minimum Gasteiger partial charge on any atom is -0.452 e. The first kappa shape index (κ1) is 22.6. The van der Waals surface area contributed by atoms with Gasteiger partial charge in [-0.3, -0.25) is 9.59 Å². The molecule has 11 heteroatoms. The lowest BCUT2D eigenvalue weighted by atomic mass is 10.3. The van der Waals surface area contributed by atoms with Crippen LogP contribution in [0, 0.1) is 0 Å². The highest BCUT2D eigenvalue weighted by molar-refractivity contribution is 7.99. The smallest absolute Gasteiger partial charge is 0.317 e. The highest BCUT2D eigenvalue weighted by Gasteiger charge is 2.21. The number of carbonyl (C=O) groups excluding carboxylic acids is 2. The molecule has 0 fully saturated rings. The average molecular weight is 485 g/mol. The molecule has 1 amide bonds. The zero-order valence-corrected chi connectivity index (χ0v) is 19.2. The van der Waals surface area contributed by atoms with Crippen molar-refractivity contribution in [2.24, 2.45) is 0 Å². The van der Waals surface area contributed by atoms with Crippen LogP contribution in [-0.4, -0.2) is 38.5 Å². The van der Waals surface area contributed by atoms with Crippen molar-refractivity contribution in [1.29, 1.82) is 0 Å². The van der Waals surface area contributed by atoms with Crippen LogP contribution in [0.1, 0.15) is 13.8 Å². The van der Waals surface area contributed by atoms with Gasteiger partial charge in [-0.05, 0) is 43.5 Å². The molecule has 0 saturated heterocycles. The van der Waals surface area contributed by atoms with Crippen LogP contribution in [0.5, 0.6) is 0 Å². The van der Waals surface area contributed by atoms with Crippen LogP contribution in [0.3, 0.4) is 0 Å². The lowest BCUT2D eigenvalue weighted by molar-refractivity contribution is -0.150. The van der Waals surface area contributed by atoms with Gasteiger partial charge >= 0.3 is 5.97 Å². The van der Waals surface area contributed by atoms with Crippen LogP contribution in [-0.2, 0) is 20.9 Å². The number of carbonyl (C=O) groups is 2. The topological polar surface area (TPSA) is 86.1 Å². The molecule has 0 aliphatic rings. The predicted molar refractivity (Wildman–Crippen MR) is 120 cm³/mol. The van der Waals surface area contributed by atoms with Gasteiger partial charge in [0.25, 0.3) is 5.91 Å². The van der Waals surface area contributed by atoms with Crippen molar-refractivity contribution >= 4 is 63.9 Å². The van der Waals surface area contributed by atoms with Crippen molar-refractivity contribution in [2.75, 3.05) is 11.1 Å². The van der Waals surface area contributed by atoms with Gasteiger partial charge in [0.15, 0.2) is 17.1 Å². The molecule has 1 N–H and O–H groups in total.